The Morgan fingerprint density at radius 2 is 2.28 bits per heavy atom. The first-order valence-corrected chi connectivity index (χ1v) is 6.00. The average Bonchev–Trinajstić information content (AvgIpc) is 3.05. The molecule has 2 aromatic rings. The van der Waals surface area contributed by atoms with Crippen molar-refractivity contribution in [1.29, 1.82) is 0 Å². The zero-order valence-corrected chi connectivity index (χ0v) is 9.82. The van der Waals surface area contributed by atoms with Gasteiger partial charge in [-0.2, -0.15) is 5.10 Å². The van der Waals surface area contributed by atoms with Crippen LogP contribution in [-0.4, -0.2) is 16.8 Å². The summed E-state index contributed by atoms with van der Waals surface area (Å²) in [6, 6.07) is 6.61. The maximum Gasteiger partial charge on any atom is 0.178 e. The van der Waals surface area contributed by atoms with Crippen LogP contribution in [0.25, 0.3) is 0 Å². The number of ether oxygens (including phenoxy) is 1. The van der Waals surface area contributed by atoms with Crippen molar-refractivity contribution in [3.63, 3.8) is 0 Å². The van der Waals surface area contributed by atoms with Crippen molar-refractivity contribution in [3.8, 4) is 5.75 Å². The van der Waals surface area contributed by atoms with E-state index in [2.05, 4.69) is 15.5 Å². The molecule has 18 heavy (non-hydrogen) atoms. The maximum atomic E-state index is 13.8. The van der Waals surface area contributed by atoms with Gasteiger partial charge in [0, 0.05) is 6.07 Å². The Balaban J connectivity index is 1.80. The molecular formula is C13H14FN3O. The van der Waals surface area contributed by atoms with Crippen LogP contribution in [0, 0.1) is 11.7 Å². The molecule has 1 fully saturated rings. The molecule has 0 unspecified atom stereocenters. The third-order valence-corrected chi connectivity index (χ3v) is 2.90. The van der Waals surface area contributed by atoms with E-state index in [1.807, 2.05) is 0 Å². The van der Waals surface area contributed by atoms with Crippen molar-refractivity contribution >= 4 is 11.5 Å². The fraction of sp³-hybridized carbons (Fsp3) is 0.308. The number of anilines is 2. The Labute approximate surface area is 104 Å². The van der Waals surface area contributed by atoms with E-state index in [-0.39, 0.29) is 11.6 Å². The van der Waals surface area contributed by atoms with Gasteiger partial charge in [0.2, 0.25) is 0 Å². The summed E-state index contributed by atoms with van der Waals surface area (Å²) in [7, 11) is 0. The highest BCUT2D eigenvalue weighted by Gasteiger charge is 2.23. The van der Waals surface area contributed by atoms with E-state index in [4.69, 9.17) is 4.74 Å². The molecule has 0 aliphatic heterocycles. The molecule has 5 heteroatoms. The van der Waals surface area contributed by atoms with Crippen molar-refractivity contribution in [2.45, 2.75) is 12.8 Å². The third-order valence-electron chi connectivity index (χ3n) is 2.90. The van der Waals surface area contributed by atoms with Gasteiger partial charge in [-0.1, -0.05) is 6.07 Å². The topological polar surface area (TPSA) is 49.9 Å². The second-order valence-electron chi connectivity index (χ2n) is 4.47. The Bertz CT molecular complexity index is 523. The maximum absolute atomic E-state index is 13.8. The molecule has 0 atom stereocenters. The lowest BCUT2D eigenvalue weighted by Gasteiger charge is -2.12. The molecule has 1 aromatic heterocycles. The van der Waals surface area contributed by atoms with Crippen LogP contribution < -0.4 is 10.1 Å². The average molecular weight is 247 g/mol. The predicted molar refractivity (Wildman–Crippen MR) is 66.5 cm³/mol. The Morgan fingerprint density at radius 3 is 3.00 bits per heavy atom. The Hall–Kier alpha value is -2.04. The molecule has 4 nitrogen and oxygen atoms in total. The van der Waals surface area contributed by atoms with E-state index < -0.39 is 0 Å². The fourth-order valence-electron chi connectivity index (χ4n) is 1.71. The molecule has 94 valence electrons. The standard InChI is InChI=1S/C13H14FN3O/c14-10-2-1-3-11(16-12-6-7-15-17-12)13(10)18-8-9-4-5-9/h1-3,6-7,9H,4-5,8H2,(H2,15,16,17). The molecule has 1 aromatic carbocycles. The van der Waals surface area contributed by atoms with Crippen LogP contribution in [0.3, 0.4) is 0 Å². The van der Waals surface area contributed by atoms with Crippen molar-refractivity contribution in [3.05, 3.63) is 36.3 Å². The lowest BCUT2D eigenvalue weighted by molar-refractivity contribution is 0.287. The number of nitrogens with one attached hydrogen (secondary N) is 2. The number of H-pyrrole nitrogens is 1. The van der Waals surface area contributed by atoms with Crippen molar-refractivity contribution in [2.75, 3.05) is 11.9 Å². The minimum Gasteiger partial charge on any atom is -0.488 e. The quantitative estimate of drug-likeness (QED) is 0.853. The lowest BCUT2D eigenvalue weighted by Crippen LogP contribution is -2.04. The number of nitrogens with zero attached hydrogens (tertiary/aromatic N) is 1. The molecule has 0 saturated heterocycles. The van der Waals surface area contributed by atoms with Crippen LogP contribution in [0.5, 0.6) is 5.75 Å². The normalized spacial score (nSPS) is 14.5. The monoisotopic (exact) mass is 247 g/mol. The van der Waals surface area contributed by atoms with Gasteiger partial charge in [-0.15, -0.1) is 0 Å². The van der Waals surface area contributed by atoms with E-state index in [0.717, 1.165) is 0 Å². The molecule has 3 rings (SSSR count). The SMILES string of the molecule is Fc1cccc(Nc2ccn[nH]2)c1OCC1CC1. The van der Waals surface area contributed by atoms with Crippen molar-refractivity contribution in [2.24, 2.45) is 5.92 Å². The van der Waals surface area contributed by atoms with Crippen LogP contribution >= 0.6 is 0 Å². The molecule has 1 aliphatic carbocycles. The molecule has 0 spiro atoms. The number of hydrogen-bond acceptors (Lipinski definition) is 3. The Kier molecular flexibility index (Phi) is 2.88. The molecule has 1 aliphatic rings. The lowest BCUT2D eigenvalue weighted by atomic mass is 10.2. The minimum atomic E-state index is -0.347. The second-order valence-corrected chi connectivity index (χ2v) is 4.47. The van der Waals surface area contributed by atoms with Gasteiger partial charge in [-0.05, 0) is 30.9 Å². The number of halogens is 1. The molecule has 0 bridgehead atoms. The number of hydrogen-bond donors (Lipinski definition) is 2. The highest BCUT2D eigenvalue weighted by atomic mass is 19.1. The summed E-state index contributed by atoms with van der Waals surface area (Å²) in [5.41, 5.74) is 0.611. The summed E-state index contributed by atoms with van der Waals surface area (Å²) >= 11 is 0. The molecular weight excluding hydrogens is 233 g/mol. The van der Waals surface area contributed by atoms with Crippen LogP contribution in [0.2, 0.25) is 0 Å². The minimum absolute atomic E-state index is 0.277. The first-order chi connectivity index (χ1) is 8.83. The van der Waals surface area contributed by atoms with Gasteiger partial charge >= 0.3 is 0 Å². The zero-order valence-electron chi connectivity index (χ0n) is 9.82. The van der Waals surface area contributed by atoms with Crippen LogP contribution in [0.15, 0.2) is 30.5 Å². The summed E-state index contributed by atoms with van der Waals surface area (Å²) in [6.45, 7) is 0.582. The van der Waals surface area contributed by atoms with E-state index >= 15 is 0 Å². The smallest absolute Gasteiger partial charge is 0.178 e. The largest absolute Gasteiger partial charge is 0.488 e. The van der Waals surface area contributed by atoms with Gasteiger partial charge in [0.25, 0.3) is 0 Å². The summed E-state index contributed by atoms with van der Waals surface area (Å²) in [4.78, 5) is 0. The first kappa shape index (κ1) is 11.1. The number of para-hydroxylation sites is 1. The number of rotatable bonds is 5. The number of aromatic amines is 1. The molecule has 1 saturated carbocycles. The summed E-state index contributed by atoms with van der Waals surface area (Å²) in [5, 5.41) is 9.66. The highest BCUT2D eigenvalue weighted by Crippen LogP contribution is 2.34. The highest BCUT2D eigenvalue weighted by molar-refractivity contribution is 5.64. The van der Waals surface area contributed by atoms with Crippen LogP contribution in [0.1, 0.15) is 12.8 Å². The van der Waals surface area contributed by atoms with Crippen molar-refractivity contribution in [1.82, 2.24) is 10.2 Å². The van der Waals surface area contributed by atoms with E-state index in [1.54, 1.807) is 24.4 Å². The van der Waals surface area contributed by atoms with Gasteiger partial charge in [0.05, 0.1) is 18.5 Å². The summed E-state index contributed by atoms with van der Waals surface area (Å²) < 4.78 is 19.3. The van der Waals surface area contributed by atoms with Gasteiger partial charge in [-0.25, -0.2) is 4.39 Å². The van der Waals surface area contributed by atoms with E-state index in [1.165, 1.54) is 18.9 Å². The fourth-order valence-corrected chi connectivity index (χ4v) is 1.71. The van der Waals surface area contributed by atoms with Gasteiger partial charge in [-0.3, -0.25) is 5.10 Å². The number of benzene rings is 1. The predicted octanol–water partition coefficient (Wildman–Crippen LogP) is 3.08. The van der Waals surface area contributed by atoms with Gasteiger partial charge in [0.15, 0.2) is 11.6 Å². The summed E-state index contributed by atoms with van der Waals surface area (Å²) in [5.74, 6) is 1.22. The van der Waals surface area contributed by atoms with Crippen LogP contribution in [-0.2, 0) is 0 Å². The number of aromatic nitrogens is 2. The van der Waals surface area contributed by atoms with E-state index in [9.17, 15) is 4.39 Å². The summed E-state index contributed by atoms with van der Waals surface area (Å²) in [6.07, 6.45) is 3.99. The van der Waals surface area contributed by atoms with Gasteiger partial charge in [0.1, 0.15) is 5.82 Å². The Morgan fingerprint density at radius 1 is 1.39 bits per heavy atom. The molecule has 1 heterocycles. The van der Waals surface area contributed by atoms with E-state index in [0.29, 0.717) is 24.0 Å². The van der Waals surface area contributed by atoms with Gasteiger partial charge < -0.3 is 10.1 Å². The van der Waals surface area contributed by atoms with Crippen LogP contribution in [0.4, 0.5) is 15.9 Å². The van der Waals surface area contributed by atoms with Crippen molar-refractivity contribution < 1.29 is 9.13 Å². The molecule has 0 amide bonds. The zero-order chi connectivity index (χ0) is 12.4. The molecule has 0 radical (unpaired) electrons. The third kappa shape index (κ3) is 2.45. The second kappa shape index (κ2) is 4.68. The molecule has 2 N–H and O–H groups in total. The first-order valence-electron chi connectivity index (χ1n) is 6.00.